The third-order valence-corrected chi connectivity index (χ3v) is 3.62. The van der Waals surface area contributed by atoms with Crippen LogP contribution in [0.4, 0.5) is 0 Å². The van der Waals surface area contributed by atoms with Crippen molar-refractivity contribution in [2.24, 2.45) is 7.05 Å². The van der Waals surface area contributed by atoms with Crippen LogP contribution in [0.1, 0.15) is 23.7 Å². The van der Waals surface area contributed by atoms with Crippen molar-refractivity contribution in [3.8, 4) is 0 Å². The molecule has 3 rings (SSSR count). The van der Waals surface area contributed by atoms with Gasteiger partial charge in [-0.25, -0.2) is 0 Å². The maximum atomic E-state index is 10.3. The highest BCUT2D eigenvalue weighted by molar-refractivity contribution is 5.83. The number of aliphatic hydroxyl groups is 1. The molecule has 2 aromatic carbocycles. The molecule has 102 valence electrons. The zero-order valence-electron chi connectivity index (χ0n) is 11.5. The lowest BCUT2D eigenvalue weighted by molar-refractivity contribution is 0.168. The van der Waals surface area contributed by atoms with Gasteiger partial charge in [0.2, 0.25) is 0 Å². The summed E-state index contributed by atoms with van der Waals surface area (Å²) in [5, 5.41) is 16.8. The molecule has 0 spiro atoms. The highest BCUT2D eigenvalue weighted by Gasteiger charge is 2.09. The molecule has 0 radical (unpaired) electrons. The van der Waals surface area contributed by atoms with Gasteiger partial charge in [0, 0.05) is 13.2 Å². The van der Waals surface area contributed by atoms with E-state index in [1.54, 1.807) is 4.68 Å². The monoisotopic (exact) mass is 266 g/mol. The summed E-state index contributed by atoms with van der Waals surface area (Å²) in [6.45, 7) is 0. The first-order valence-corrected chi connectivity index (χ1v) is 6.87. The Kier molecular flexibility index (Phi) is 3.52. The number of nitrogens with zero attached hydrogens (tertiary/aromatic N) is 2. The van der Waals surface area contributed by atoms with E-state index in [2.05, 4.69) is 29.4 Å². The molecular weight excluding hydrogens is 248 g/mol. The number of aliphatic hydroxyl groups excluding tert-OH is 1. The van der Waals surface area contributed by atoms with Crippen LogP contribution in [-0.4, -0.2) is 14.9 Å². The lowest BCUT2D eigenvalue weighted by Crippen LogP contribution is -1.99. The molecule has 0 aliphatic heterocycles. The van der Waals surface area contributed by atoms with Gasteiger partial charge < -0.3 is 5.11 Å². The first kappa shape index (κ1) is 12.9. The van der Waals surface area contributed by atoms with E-state index in [-0.39, 0.29) is 0 Å². The average Bonchev–Trinajstić information content (AvgIpc) is 2.90. The lowest BCUT2D eigenvalue weighted by atomic mass is 10.00. The summed E-state index contributed by atoms with van der Waals surface area (Å²) < 4.78 is 1.79. The SMILES string of the molecule is Cn1cc(CCC(O)c2ccc3ccccc3c2)cn1. The van der Waals surface area contributed by atoms with Gasteiger partial charge in [0.05, 0.1) is 12.3 Å². The second-order valence-electron chi connectivity index (χ2n) is 5.18. The second kappa shape index (κ2) is 5.47. The fourth-order valence-electron chi connectivity index (χ4n) is 2.49. The van der Waals surface area contributed by atoms with Crippen LogP contribution < -0.4 is 0 Å². The molecule has 3 nitrogen and oxygen atoms in total. The highest BCUT2D eigenvalue weighted by Crippen LogP contribution is 2.23. The Labute approximate surface area is 118 Å². The molecule has 0 aliphatic rings. The summed E-state index contributed by atoms with van der Waals surface area (Å²) in [7, 11) is 1.91. The van der Waals surface area contributed by atoms with Crippen LogP contribution in [0.3, 0.4) is 0 Å². The largest absolute Gasteiger partial charge is 0.388 e. The molecule has 0 saturated carbocycles. The molecule has 1 unspecified atom stereocenters. The van der Waals surface area contributed by atoms with Crippen molar-refractivity contribution in [1.29, 1.82) is 0 Å². The maximum absolute atomic E-state index is 10.3. The highest BCUT2D eigenvalue weighted by atomic mass is 16.3. The van der Waals surface area contributed by atoms with Crippen LogP contribution in [0.5, 0.6) is 0 Å². The normalized spacial score (nSPS) is 12.7. The lowest BCUT2D eigenvalue weighted by Gasteiger charge is -2.11. The molecule has 0 saturated heterocycles. The quantitative estimate of drug-likeness (QED) is 0.787. The van der Waals surface area contributed by atoms with Gasteiger partial charge in [0.25, 0.3) is 0 Å². The molecule has 1 heterocycles. The number of aromatic nitrogens is 2. The van der Waals surface area contributed by atoms with Gasteiger partial charge in [-0.1, -0.05) is 36.4 Å². The van der Waals surface area contributed by atoms with Crippen molar-refractivity contribution in [2.75, 3.05) is 0 Å². The number of benzene rings is 2. The van der Waals surface area contributed by atoms with E-state index in [1.165, 1.54) is 10.8 Å². The van der Waals surface area contributed by atoms with E-state index >= 15 is 0 Å². The molecule has 1 atom stereocenters. The Hall–Kier alpha value is -2.13. The van der Waals surface area contributed by atoms with Crippen LogP contribution in [0.2, 0.25) is 0 Å². The van der Waals surface area contributed by atoms with Crippen LogP contribution in [-0.2, 0) is 13.5 Å². The van der Waals surface area contributed by atoms with E-state index < -0.39 is 6.10 Å². The van der Waals surface area contributed by atoms with Gasteiger partial charge >= 0.3 is 0 Å². The minimum absolute atomic E-state index is 0.431. The van der Waals surface area contributed by atoms with Crippen molar-refractivity contribution in [2.45, 2.75) is 18.9 Å². The van der Waals surface area contributed by atoms with E-state index in [4.69, 9.17) is 0 Å². The van der Waals surface area contributed by atoms with Crippen molar-refractivity contribution >= 4 is 10.8 Å². The van der Waals surface area contributed by atoms with E-state index in [0.29, 0.717) is 6.42 Å². The number of hydrogen-bond donors (Lipinski definition) is 1. The van der Waals surface area contributed by atoms with Gasteiger partial charge in [-0.2, -0.15) is 5.10 Å². The smallest absolute Gasteiger partial charge is 0.0793 e. The predicted molar refractivity (Wildman–Crippen MR) is 80.4 cm³/mol. The Balaban J connectivity index is 1.73. The number of aryl methyl sites for hydroxylation is 2. The van der Waals surface area contributed by atoms with Crippen LogP contribution >= 0.6 is 0 Å². The molecule has 0 fully saturated rings. The molecule has 1 aromatic heterocycles. The molecule has 0 aliphatic carbocycles. The summed E-state index contributed by atoms with van der Waals surface area (Å²) >= 11 is 0. The summed E-state index contributed by atoms with van der Waals surface area (Å²) in [4.78, 5) is 0. The van der Waals surface area contributed by atoms with Crippen molar-refractivity contribution < 1.29 is 5.11 Å². The van der Waals surface area contributed by atoms with E-state index in [0.717, 1.165) is 17.5 Å². The van der Waals surface area contributed by atoms with Gasteiger partial charge in [-0.3, -0.25) is 4.68 Å². The van der Waals surface area contributed by atoms with Crippen molar-refractivity contribution in [1.82, 2.24) is 9.78 Å². The molecule has 20 heavy (non-hydrogen) atoms. The number of rotatable bonds is 4. The standard InChI is InChI=1S/C17H18N2O/c1-19-12-13(11-18-19)6-9-17(20)16-8-7-14-4-2-3-5-15(14)10-16/h2-5,7-8,10-12,17,20H,6,9H2,1H3. The van der Waals surface area contributed by atoms with Crippen LogP contribution in [0.25, 0.3) is 10.8 Å². The fourth-order valence-corrected chi connectivity index (χ4v) is 2.49. The van der Waals surface area contributed by atoms with Gasteiger partial charge in [0.1, 0.15) is 0 Å². The summed E-state index contributed by atoms with van der Waals surface area (Å²) in [6, 6.07) is 14.4. The minimum atomic E-state index is -0.431. The predicted octanol–water partition coefficient (Wildman–Crippen LogP) is 3.24. The Morgan fingerprint density at radius 1 is 1.15 bits per heavy atom. The van der Waals surface area contributed by atoms with Crippen molar-refractivity contribution in [3.05, 3.63) is 66.0 Å². The van der Waals surface area contributed by atoms with Gasteiger partial charge in [0.15, 0.2) is 0 Å². The van der Waals surface area contributed by atoms with Gasteiger partial charge in [-0.15, -0.1) is 0 Å². The number of hydrogen-bond acceptors (Lipinski definition) is 2. The summed E-state index contributed by atoms with van der Waals surface area (Å²) in [6.07, 6.45) is 4.96. The molecular formula is C17H18N2O. The van der Waals surface area contributed by atoms with Crippen molar-refractivity contribution in [3.63, 3.8) is 0 Å². The third kappa shape index (κ3) is 2.73. The minimum Gasteiger partial charge on any atom is -0.388 e. The first-order chi connectivity index (χ1) is 9.72. The average molecular weight is 266 g/mol. The fraction of sp³-hybridized carbons (Fsp3) is 0.235. The topological polar surface area (TPSA) is 38.0 Å². The number of fused-ring (bicyclic) bond motifs is 1. The van der Waals surface area contributed by atoms with E-state index in [9.17, 15) is 5.11 Å². The van der Waals surface area contributed by atoms with Crippen LogP contribution in [0, 0.1) is 0 Å². The molecule has 1 N–H and O–H groups in total. The summed E-state index contributed by atoms with van der Waals surface area (Å²) in [5.41, 5.74) is 2.14. The first-order valence-electron chi connectivity index (χ1n) is 6.87. The third-order valence-electron chi connectivity index (χ3n) is 3.62. The zero-order valence-corrected chi connectivity index (χ0v) is 11.5. The molecule has 0 bridgehead atoms. The zero-order chi connectivity index (χ0) is 13.9. The molecule has 0 amide bonds. The van der Waals surface area contributed by atoms with E-state index in [1.807, 2.05) is 37.6 Å². The summed E-state index contributed by atoms with van der Waals surface area (Å²) in [5.74, 6) is 0. The second-order valence-corrected chi connectivity index (χ2v) is 5.18. The molecule has 3 aromatic rings. The molecule has 3 heteroatoms. The Morgan fingerprint density at radius 2 is 1.95 bits per heavy atom. The van der Waals surface area contributed by atoms with Gasteiger partial charge in [-0.05, 0) is 40.8 Å². The maximum Gasteiger partial charge on any atom is 0.0793 e. The Morgan fingerprint density at radius 3 is 2.70 bits per heavy atom. The Bertz CT molecular complexity index is 718. The van der Waals surface area contributed by atoms with Crippen LogP contribution in [0.15, 0.2) is 54.9 Å².